The third-order valence-corrected chi connectivity index (χ3v) is 3.45. The Kier molecular flexibility index (Phi) is 8.35. The minimum atomic E-state index is -0.495. The lowest BCUT2D eigenvalue weighted by atomic mass is 10.2. The van der Waals surface area contributed by atoms with Crippen molar-refractivity contribution in [3.8, 4) is 17.6 Å². The summed E-state index contributed by atoms with van der Waals surface area (Å²) in [4.78, 5) is 23.3. The molecule has 124 valence electrons. The molecule has 0 spiro atoms. The molecule has 0 radical (unpaired) electrons. The van der Waals surface area contributed by atoms with Crippen LogP contribution < -0.4 is 4.74 Å². The number of esters is 2. The zero-order chi connectivity index (χ0) is 17.2. The van der Waals surface area contributed by atoms with Crippen LogP contribution in [-0.2, 0) is 14.3 Å². The number of carbonyl (C=O) groups is 2. The zero-order valence-corrected chi connectivity index (χ0v) is 14.6. The summed E-state index contributed by atoms with van der Waals surface area (Å²) in [6.45, 7) is 3.56. The van der Waals surface area contributed by atoms with Crippen LogP contribution in [0.4, 0.5) is 4.39 Å². The van der Waals surface area contributed by atoms with E-state index >= 15 is 0 Å². The highest BCUT2D eigenvalue weighted by Crippen LogP contribution is 2.25. The Morgan fingerprint density at radius 1 is 1.30 bits per heavy atom. The average Bonchev–Trinajstić information content (AvgIpc) is 2.49. The van der Waals surface area contributed by atoms with Crippen LogP contribution in [0.2, 0.25) is 0 Å². The highest BCUT2D eigenvalue weighted by Gasteiger charge is 2.13. The van der Waals surface area contributed by atoms with Gasteiger partial charge in [0.1, 0.15) is 11.6 Å². The average molecular weight is 385 g/mol. The van der Waals surface area contributed by atoms with Crippen LogP contribution in [0.25, 0.3) is 0 Å². The molecule has 0 amide bonds. The Labute approximate surface area is 143 Å². The van der Waals surface area contributed by atoms with Gasteiger partial charge in [-0.25, -0.2) is 4.39 Å². The van der Waals surface area contributed by atoms with Gasteiger partial charge in [-0.2, -0.15) is 0 Å². The topological polar surface area (TPSA) is 52.6 Å². The van der Waals surface area contributed by atoms with E-state index in [0.717, 1.165) is 0 Å². The van der Waals surface area contributed by atoms with E-state index in [1.807, 2.05) is 6.92 Å². The maximum absolute atomic E-state index is 12.9. The third kappa shape index (κ3) is 7.29. The van der Waals surface area contributed by atoms with Crippen LogP contribution >= 0.6 is 15.9 Å². The molecule has 1 aromatic rings. The molecular weight excluding hydrogens is 367 g/mol. The summed E-state index contributed by atoms with van der Waals surface area (Å²) in [5, 5.41) is 0. The Bertz CT molecular complexity index is 619. The lowest BCUT2D eigenvalue weighted by Gasteiger charge is -2.10. The first-order valence-corrected chi connectivity index (χ1v) is 8.03. The van der Waals surface area contributed by atoms with Gasteiger partial charge in [0.25, 0.3) is 0 Å². The SMILES string of the molecule is CC#CC(CC)OC(=O)CCCC(=O)Oc1ccc(F)cc1Br. The number of ether oxygens (including phenoxy) is 2. The quantitative estimate of drug-likeness (QED) is 0.404. The van der Waals surface area contributed by atoms with Crippen molar-refractivity contribution >= 4 is 27.9 Å². The molecule has 4 nitrogen and oxygen atoms in total. The normalized spacial score (nSPS) is 11.1. The molecule has 0 bridgehead atoms. The van der Waals surface area contributed by atoms with Gasteiger partial charge < -0.3 is 9.47 Å². The second kappa shape index (κ2) is 10.0. The van der Waals surface area contributed by atoms with E-state index in [1.165, 1.54) is 18.2 Å². The third-order valence-electron chi connectivity index (χ3n) is 2.83. The van der Waals surface area contributed by atoms with Gasteiger partial charge >= 0.3 is 11.9 Å². The molecule has 0 aliphatic rings. The van der Waals surface area contributed by atoms with Crippen LogP contribution in [0.3, 0.4) is 0 Å². The molecule has 6 heteroatoms. The molecule has 0 saturated heterocycles. The summed E-state index contributed by atoms with van der Waals surface area (Å²) in [5.41, 5.74) is 0. The Hall–Kier alpha value is -1.87. The van der Waals surface area contributed by atoms with Crippen LogP contribution in [0.1, 0.15) is 39.5 Å². The minimum Gasteiger partial charge on any atom is -0.449 e. The molecule has 0 aromatic heterocycles. The first kappa shape index (κ1) is 19.2. The molecular formula is C17H18BrFO4. The first-order chi connectivity index (χ1) is 11.0. The second-order valence-electron chi connectivity index (χ2n) is 4.68. The molecule has 0 aliphatic carbocycles. The number of halogens is 2. The molecule has 0 heterocycles. The monoisotopic (exact) mass is 384 g/mol. The fourth-order valence-corrected chi connectivity index (χ4v) is 2.13. The van der Waals surface area contributed by atoms with E-state index in [9.17, 15) is 14.0 Å². The molecule has 1 rings (SSSR count). The molecule has 0 aliphatic heterocycles. The van der Waals surface area contributed by atoms with Gasteiger partial charge in [0.2, 0.25) is 0 Å². The van der Waals surface area contributed by atoms with Crippen LogP contribution in [0, 0.1) is 17.7 Å². The maximum atomic E-state index is 12.9. The van der Waals surface area contributed by atoms with E-state index in [1.54, 1.807) is 6.92 Å². The van der Waals surface area contributed by atoms with Crippen molar-refractivity contribution in [2.24, 2.45) is 0 Å². The number of carbonyl (C=O) groups excluding carboxylic acids is 2. The minimum absolute atomic E-state index is 0.0646. The number of rotatable bonds is 7. The highest BCUT2D eigenvalue weighted by molar-refractivity contribution is 9.10. The number of hydrogen-bond acceptors (Lipinski definition) is 4. The second-order valence-corrected chi connectivity index (χ2v) is 5.54. The summed E-state index contributed by atoms with van der Waals surface area (Å²) in [6.07, 6.45) is 0.700. The lowest BCUT2D eigenvalue weighted by Crippen LogP contribution is -2.16. The van der Waals surface area contributed by atoms with Crippen LogP contribution in [-0.4, -0.2) is 18.0 Å². The molecule has 1 atom stereocenters. The van der Waals surface area contributed by atoms with E-state index < -0.39 is 23.9 Å². The molecule has 0 N–H and O–H groups in total. The molecule has 0 fully saturated rings. The van der Waals surface area contributed by atoms with Crippen LogP contribution in [0.5, 0.6) is 5.75 Å². The summed E-state index contributed by atoms with van der Waals surface area (Å²) < 4.78 is 23.5. The molecule has 1 unspecified atom stereocenters. The van der Waals surface area contributed by atoms with E-state index in [2.05, 4.69) is 27.8 Å². The van der Waals surface area contributed by atoms with Gasteiger partial charge in [0.15, 0.2) is 6.10 Å². The number of benzene rings is 1. The number of hydrogen-bond donors (Lipinski definition) is 0. The van der Waals surface area contributed by atoms with Crippen molar-refractivity contribution in [2.45, 2.75) is 45.6 Å². The van der Waals surface area contributed by atoms with E-state index in [-0.39, 0.29) is 18.6 Å². The van der Waals surface area contributed by atoms with Crippen LogP contribution in [0.15, 0.2) is 22.7 Å². The van der Waals surface area contributed by atoms with Gasteiger partial charge in [-0.3, -0.25) is 9.59 Å². The van der Waals surface area contributed by atoms with Crippen molar-refractivity contribution in [2.75, 3.05) is 0 Å². The molecule has 0 saturated carbocycles. The van der Waals surface area contributed by atoms with Gasteiger partial charge in [-0.05, 0) is 53.9 Å². The van der Waals surface area contributed by atoms with Gasteiger partial charge in [-0.15, -0.1) is 5.92 Å². The zero-order valence-electron chi connectivity index (χ0n) is 13.0. The Balaban J connectivity index is 2.35. The van der Waals surface area contributed by atoms with Gasteiger partial charge in [0.05, 0.1) is 4.47 Å². The predicted octanol–water partition coefficient (Wildman–Crippen LogP) is 4.01. The fraction of sp³-hybridized carbons (Fsp3) is 0.412. The standard InChI is InChI=1S/C17H18BrFO4/c1-3-6-13(4-2)22-16(20)7-5-8-17(21)23-15-10-9-12(19)11-14(15)18/h9-11,13H,4-5,7-8H2,1-2H3. The van der Waals surface area contributed by atoms with Crippen molar-refractivity contribution < 1.29 is 23.5 Å². The maximum Gasteiger partial charge on any atom is 0.311 e. The van der Waals surface area contributed by atoms with E-state index in [0.29, 0.717) is 17.3 Å². The van der Waals surface area contributed by atoms with Crippen molar-refractivity contribution in [1.29, 1.82) is 0 Å². The smallest absolute Gasteiger partial charge is 0.311 e. The predicted molar refractivity (Wildman–Crippen MR) is 87.2 cm³/mol. The summed E-state index contributed by atoms with van der Waals surface area (Å²) >= 11 is 3.11. The van der Waals surface area contributed by atoms with Gasteiger partial charge in [0, 0.05) is 12.8 Å². The van der Waals surface area contributed by atoms with Gasteiger partial charge in [-0.1, -0.05) is 12.8 Å². The lowest BCUT2D eigenvalue weighted by molar-refractivity contribution is -0.146. The fourth-order valence-electron chi connectivity index (χ4n) is 1.70. The molecule has 23 heavy (non-hydrogen) atoms. The van der Waals surface area contributed by atoms with E-state index in [4.69, 9.17) is 9.47 Å². The Morgan fingerprint density at radius 3 is 2.61 bits per heavy atom. The summed E-state index contributed by atoms with van der Waals surface area (Å²) in [6, 6.07) is 3.77. The summed E-state index contributed by atoms with van der Waals surface area (Å²) in [5.74, 6) is 4.41. The summed E-state index contributed by atoms with van der Waals surface area (Å²) in [7, 11) is 0. The molecule has 1 aromatic carbocycles. The first-order valence-electron chi connectivity index (χ1n) is 7.23. The highest BCUT2D eigenvalue weighted by atomic mass is 79.9. The Morgan fingerprint density at radius 2 is 2.00 bits per heavy atom. The van der Waals surface area contributed by atoms with Crippen molar-refractivity contribution in [3.05, 3.63) is 28.5 Å². The van der Waals surface area contributed by atoms with Crippen molar-refractivity contribution in [1.82, 2.24) is 0 Å². The van der Waals surface area contributed by atoms with Crippen molar-refractivity contribution in [3.63, 3.8) is 0 Å². The largest absolute Gasteiger partial charge is 0.449 e.